The van der Waals surface area contributed by atoms with Crippen molar-refractivity contribution >= 4 is 5.97 Å². The summed E-state index contributed by atoms with van der Waals surface area (Å²) in [4.78, 5) is 13.8. The molecule has 0 aliphatic carbocycles. The van der Waals surface area contributed by atoms with E-state index in [4.69, 9.17) is 40.5 Å². The van der Waals surface area contributed by atoms with Crippen LogP contribution in [0.3, 0.4) is 0 Å². The van der Waals surface area contributed by atoms with Crippen molar-refractivity contribution in [3.8, 4) is 11.5 Å². The minimum Gasteiger partial charge on any atom is -0.493 e. The third kappa shape index (κ3) is 4.75. The molecule has 2 heterocycles. The first-order valence-electron chi connectivity index (χ1n) is 19.1. The zero-order valence-corrected chi connectivity index (χ0v) is 16.8. The number of piperidine rings is 1. The third-order valence-corrected chi connectivity index (χ3v) is 4.54. The Morgan fingerprint density at radius 2 is 2.17 bits per heavy atom. The fraction of sp³-hybridized carbons (Fsp3) is 0.708. The topological polar surface area (TPSA) is 74.0 Å². The van der Waals surface area contributed by atoms with E-state index in [9.17, 15) is 11.6 Å². The molecule has 0 bridgehead atoms. The van der Waals surface area contributed by atoms with Crippen LogP contribution in [0.1, 0.15) is 84.9 Å². The quantitative estimate of drug-likeness (QED) is 0.656. The van der Waals surface area contributed by atoms with Gasteiger partial charge in [-0.25, -0.2) is 0 Å². The lowest BCUT2D eigenvalue weighted by molar-refractivity contribution is -0.160. The number of carbonyl (C=O) groups excluding carboxylic acids is 1. The molecule has 2 N–H and O–H groups in total. The summed E-state index contributed by atoms with van der Waals surface area (Å²) in [5.41, 5.74) is 4.38. The average Bonchev–Trinajstić information content (AvgIpc) is 2.89. The summed E-state index contributed by atoms with van der Waals surface area (Å²) in [6, 6.07) is -4.80. The molecule has 168 valence electrons. The summed E-state index contributed by atoms with van der Waals surface area (Å²) in [5.74, 6) is -11.4. The maximum absolute atomic E-state index is 13.7. The zero-order chi connectivity index (χ0) is 39.4. The highest BCUT2D eigenvalue weighted by molar-refractivity contribution is 5.76. The van der Waals surface area contributed by atoms with Crippen LogP contribution in [0.5, 0.6) is 11.5 Å². The zero-order valence-electron chi connectivity index (χ0n) is 36.8. The first kappa shape index (κ1) is 8.28. The summed E-state index contributed by atoms with van der Waals surface area (Å²) < 4.78 is 182. The van der Waals surface area contributed by atoms with Gasteiger partial charge in [-0.3, -0.25) is 9.69 Å². The minimum atomic E-state index is -4.11. The number of fused-ring (bicyclic) bond motifs is 3. The van der Waals surface area contributed by atoms with E-state index in [0.717, 1.165) is 19.2 Å². The lowest BCUT2D eigenvalue weighted by Crippen LogP contribution is -2.51. The third-order valence-electron chi connectivity index (χ3n) is 4.54. The Kier molecular flexibility index (Phi) is 2.64. The van der Waals surface area contributed by atoms with Crippen molar-refractivity contribution in [1.29, 1.82) is 0 Å². The van der Waals surface area contributed by atoms with E-state index in [1.165, 1.54) is 13.8 Å². The second-order valence-electron chi connectivity index (χ2n) is 7.18. The molecule has 2 aliphatic rings. The van der Waals surface area contributed by atoms with Gasteiger partial charge in [-0.15, -0.1) is 0 Å². The molecule has 3 unspecified atom stereocenters. The highest BCUT2D eigenvalue weighted by atomic mass is 16.5. The van der Waals surface area contributed by atoms with Crippen LogP contribution in [0.2, 0.25) is 0 Å². The van der Waals surface area contributed by atoms with Crippen LogP contribution in [0.4, 0.5) is 0 Å². The van der Waals surface area contributed by atoms with Crippen molar-refractivity contribution in [2.75, 3.05) is 27.1 Å². The molecule has 2 aliphatic heterocycles. The average molecular weight is 439 g/mol. The number of benzene rings is 1. The van der Waals surface area contributed by atoms with Crippen molar-refractivity contribution in [3.05, 3.63) is 23.3 Å². The van der Waals surface area contributed by atoms with E-state index in [1.807, 2.05) is 0 Å². The van der Waals surface area contributed by atoms with E-state index in [0.29, 0.717) is 0 Å². The van der Waals surface area contributed by atoms with Crippen LogP contribution >= 0.6 is 0 Å². The molecule has 0 amide bonds. The number of esters is 1. The number of methoxy groups -OCH3 is 2. The molecule has 0 radical (unpaired) electrons. The summed E-state index contributed by atoms with van der Waals surface area (Å²) in [6.45, 7) is -12.1. The molecule has 3 rings (SSSR count). The highest BCUT2D eigenvalue weighted by Crippen LogP contribution is 2.44. The molecule has 1 aromatic carbocycles. The predicted octanol–water partition coefficient (Wildman–Crippen LogP) is 3.56. The van der Waals surface area contributed by atoms with Crippen molar-refractivity contribution in [2.24, 2.45) is 23.4 Å². The lowest BCUT2D eigenvalue weighted by atomic mass is 9.79. The van der Waals surface area contributed by atoms with Gasteiger partial charge in [-0.2, -0.15) is 0 Å². The van der Waals surface area contributed by atoms with E-state index >= 15 is 0 Å². The van der Waals surface area contributed by atoms with Crippen LogP contribution in [0, 0.1) is 17.7 Å². The normalized spacial score (nSPS) is 46.6. The van der Waals surface area contributed by atoms with Gasteiger partial charge in [-0.1, -0.05) is 27.6 Å². The number of carbonyl (C=O) groups is 1. The van der Waals surface area contributed by atoms with E-state index < -0.39 is 117 Å². The van der Waals surface area contributed by atoms with Crippen molar-refractivity contribution in [2.45, 2.75) is 64.9 Å². The molecule has 0 spiro atoms. The van der Waals surface area contributed by atoms with Gasteiger partial charge in [0, 0.05) is 53.2 Å². The van der Waals surface area contributed by atoms with Gasteiger partial charge in [-0.05, 0) is 47.9 Å². The summed E-state index contributed by atoms with van der Waals surface area (Å²) in [7, 11) is -2.09. The Bertz CT molecular complexity index is 1470. The van der Waals surface area contributed by atoms with E-state index in [2.05, 4.69) is 0 Å². The Labute approximate surface area is 209 Å². The monoisotopic (exact) mass is 438 g/mol. The largest absolute Gasteiger partial charge is 0.493 e. The SMILES string of the molecule is [2H]C([2H])([2H])Oc1cc2c(cc1OC)C1N(C([2H])([2H])C2([2H])[2H])C([2H])([2H])C([2H])(CC(C)C)C(OC(=O)[C@@]([2H])(N)C([2H])(C([2H])([2H])[2H])C([2H])([2H])[2H])C1([2H])[2H]. The number of hydrogen-bond acceptors (Lipinski definition) is 6. The second kappa shape index (κ2) is 9.56. The fourth-order valence-corrected chi connectivity index (χ4v) is 3.16. The molecule has 6 nitrogen and oxygen atoms in total. The van der Waals surface area contributed by atoms with Crippen LogP contribution in [-0.4, -0.2) is 50.1 Å². The number of rotatable bonds is 7. The lowest BCUT2D eigenvalue weighted by Gasteiger charge is -2.47. The summed E-state index contributed by atoms with van der Waals surface area (Å²) >= 11 is 0. The first-order valence-corrected chi connectivity index (χ1v) is 9.13. The molecule has 1 aromatic rings. The molecule has 6 heteroatoms. The van der Waals surface area contributed by atoms with Gasteiger partial charge in [0.25, 0.3) is 0 Å². The van der Waals surface area contributed by atoms with Gasteiger partial charge < -0.3 is 19.9 Å². The number of aryl methyl sites for hydroxylation is 1. The van der Waals surface area contributed by atoms with Crippen LogP contribution < -0.4 is 15.2 Å². The summed E-state index contributed by atoms with van der Waals surface area (Å²) in [6.07, 6.45) is -10.2. The number of hydrogen-bond donors (Lipinski definition) is 1. The van der Waals surface area contributed by atoms with Gasteiger partial charge >= 0.3 is 5.97 Å². The van der Waals surface area contributed by atoms with Crippen molar-refractivity contribution in [1.82, 2.24) is 4.90 Å². The summed E-state index contributed by atoms with van der Waals surface area (Å²) in [5, 5.41) is 0. The molecular weight excluding hydrogens is 380 g/mol. The smallest absolute Gasteiger partial charge is 0.323 e. The fourth-order valence-electron chi connectivity index (χ4n) is 3.16. The molecular formula is C24H38N2O4. The van der Waals surface area contributed by atoms with E-state index in [-0.39, 0.29) is 4.90 Å². The maximum Gasteiger partial charge on any atom is 0.323 e. The van der Waals surface area contributed by atoms with Crippen molar-refractivity contribution in [3.63, 3.8) is 0 Å². The van der Waals surface area contributed by atoms with Crippen LogP contribution in [-0.2, 0) is 15.9 Å². The van der Waals surface area contributed by atoms with Gasteiger partial charge in [0.15, 0.2) is 11.5 Å². The molecule has 0 aromatic heterocycles. The van der Waals surface area contributed by atoms with Gasteiger partial charge in [0.2, 0.25) is 0 Å². The molecule has 4 atom stereocenters. The number of nitrogens with zero attached hydrogens (tertiary/aromatic N) is 1. The van der Waals surface area contributed by atoms with Gasteiger partial charge in [0.05, 0.1) is 19.6 Å². The highest BCUT2D eigenvalue weighted by Gasteiger charge is 2.41. The Morgan fingerprint density at radius 1 is 1.40 bits per heavy atom. The maximum atomic E-state index is 13.7. The van der Waals surface area contributed by atoms with Crippen molar-refractivity contribution < 1.29 is 46.4 Å². The van der Waals surface area contributed by atoms with Crippen LogP contribution in [0.25, 0.3) is 0 Å². The van der Waals surface area contributed by atoms with Crippen LogP contribution in [0.15, 0.2) is 12.1 Å². The van der Waals surface area contributed by atoms with Gasteiger partial charge in [0.1, 0.15) is 12.1 Å². The second-order valence-corrected chi connectivity index (χ2v) is 7.18. The standard InChI is InChI=1S/C24H38N2O4/c1-14(2)9-17-13-26-8-7-16-10-21(28-5)22(29-6)11-18(16)19(26)12-20(17)30-24(27)23(25)15(3)4/h10-11,14-15,17,19-20,23H,7-9,12-13,25H2,1-6H3/t17?,19?,20?,23-/m0/s1/i3D3,4D3,5D3,7D2,8D2,12D2,13D2,15D,17D,23D. The Balaban J connectivity index is 2.45. The molecule has 1 fully saturated rings. The van der Waals surface area contributed by atoms with E-state index in [1.54, 1.807) is 0 Å². The predicted molar refractivity (Wildman–Crippen MR) is 118 cm³/mol. The first-order chi connectivity index (χ1) is 21.9. The number of ether oxygens (including phenoxy) is 3. The number of nitrogens with two attached hydrogens (primary N) is 1. The Hall–Kier alpha value is -1.79. The molecule has 1 saturated heterocycles. The Morgan fingerprint density at radius 3 is 2.83 bits per heavy atom. The minimum absolute atomic E-state index is 0.127. The molecule has 30 heavy (non-hydrogen) atoms. The molecule has 0 saturated carbocycles.